The van der Waals surface area contributed by atoms with Crippen molar-refractivity contribution in [2.75, 3.05) is 27.8 Å². The Morgan fingerprint density at radius 1 is 1.45 bits per heavy atom. The fourth-order valence-corrected chi connectivity index (χ4v) is 2.78. The molecule has 0 spiro atoms. The van der Waals surface area contributed by atoms with Crippen LogP contribution in [0.3, 0.4) is 0 Å². The third-order valence-corrected chi connectivity index (χ3v) is 3.98. The number of hydrogen-bond donors (Lipinski definition) is 0. The summed E-state index contributed by atoms with van der Waals surface area (Å²) >= 11 is 5.90. The van der Waals surface area contributed by atoms with Gasteiger partial charge < -0.3 is 14.2 Å². The van der Waals surface area contributed by atoms with E-state index in [9.17, 15) is 4.79 Å². The summed E-state index contributed by atoms with van der Waals surface area (Å²) in [6, 6.07) is 1.67. The molecule has 1 aromatic rings. The Labute approximate surface area is 134 Å². The topological polar surface area (TPSA) is 73.8 Å². The summed E-state index contributed by atoms with van der Waals surface area (Å²) in [4.78, 5) is 21.5. The monoisotopic (exact) mass is 329 g/mol. The van der Waals surface area contributed by atoms with E-state index >= 15 is 0 Å². The van der Waals surface area contributed by atoms with Gasteiger partial charge in [0.2, 0.25) is 11.7 Å². The number of esters is 1. The molecule has 1 saturated heterocycles. The molecule has 0 N–H and O–H groups in total. The molecule has 1 aromatic heterocycles. The first kappa shape index (κ1) is 16.9. The van der Waals surface area contributed by atoms with E-state index in [1.165, 1.54) is 13.2 Å². The Bertz CT molecular complexity index is 543. The van der Waals surface area contributed by atoms with Crippen molar-refractivity contribution in [3.8, 4) is 5.88 Å². The van der Waals surface area contributed by atoms with Gasteiger partial charge in [-0.05, 0) is 20.4 Å². The van der Waals surface area contributed by atoms with Crippen LogP contribution in [0.2, 0.25) is 5.15 Å². The molecule has 0 aliphatic carbocycles. The Hall–Kier alpha value is -1.44. The minimum Gasteiger partial charge on any atom is -0.473 e. The lowest BCUT2D eigenvalue weighted by Crippen LogP contribution is -2.38. The van der Waals surface area contributed by atoms with E-state index in [1.807, 2.05) is 14.0 Å². The molecule has 0 aromatic carbocycles. The van der Waals surface area contributed by atoms with E-state index in [0.29, 0.717) is 0 Å². The van der Waals surface area contributed by atoms with Crippen molar-refractivity contribution in [2.24, 2.45) is 0 Å². The lowest BCUT2D eigenvalue weighted by Gasteiger charge is -2.26. The molecular weight excluding hydrogens is 310 g/mol. The summed E-state index contributed by atoms with van der Waals surface area (Å²) in [5, 5.41) is 0.132. The first-order chi connectivity index (χ1) is 10.4. The molecule has 0 unspecified atom stereocenters. The standard InChI is InChI=1S/C14H20ClN3O4/c1-8(10-5-9(20-3)7-18(10)2)22-12-6-11(15)16-13(17-12)14(19)21-4/h6,8-10H,5,7H2,1-4H3/t8-,9+,10-/m0/s1. The van der Waals surface area contributed by atoms with Gasteiger partial charge in [0, 0.05) is 25.8 Å². The van der Waals surface area contributed by atoms with Gasteiger partial charge in [-0.3, -0.25) is 4.90 Å². The molecule has 22 heavy (non-hydrogen) atoms. The molecule has 0 amide bonds. The lowest BCUT2D eigenvalue weighted by atomic mass is 10.1. The number of ether oxygens (including phenoxy) is 3. The molecule has 1 aliphatic heterocycles. The molecule has 0 radical (unpaired) electrons. The second-order valence-electron chi connectivity index (χ2n) is 5.27. The van der Waals surface area contributed by atoms with Crippen molar-refractivity contribution in [1.82, 2.24) is 14.9 Å². The summed E-state index contributed by atoms with van der Waals surface area (Å²) in [5.74, 6) is -0.522. The average molecular weight is 330 g/mol. The van der Waals surface area contributed by atoms with Crippen LogP contribution in [0.5, 0.6) is 5.88 Å². The van der Waals surface area contributed by atoms with Crippen LogP contribution in [0, 0.1) is 0 Å². The highest BCUT2D eigenvalue weighted by Gasteiger charge is 2.34. The first-order valence-corrected chi connectivity index (χ1v) is 7.35. The van der Waals surface area contributed by atoms with Crippen molar-refractivity contribution in [3.63, 3.8) is 0 Å². The molecule has 122 valence electrons. The Morgan fingerprint density at radius 3 is 2.77 bits per heavy atom. The van der Waals surface area contributed by atoms with Crippen molar-refractivity contribution < 1.29 is 19.0 Å². The third-order valence-electron chi connectivity index (χ3n) is 3.78. The quantitative estimate of drug-likeness (QED) is 0.597. The zero-order chi connectivity index (χ0) is 16.3. The maximum absolute atomic E-state index is 11.5. The summed E-state index contributed by atoms with van der Waals surface area (Å²) in [7, 11) is 4.99. The van der Waals surface area contributed by atoms with Gasteiger partial charge in [0.25, 0.3) is 0 Å². The summed E-state index contributed by atoms with van der Waals surface area (Å²) in [6.07, 6.45) is 0.930. The molecule has 2 heterocycles. The molecule has 7 nitrogen and oxygen atoms in total. The third kappa shape index (κ3) is 3.85. The summed E-state index contributed by atoms with van der Waals surface area (Å²) in [6.45, 7) is 2.81. The van der Waals surface area contributed by atoms with E-state index in [2.05, 4.69) is 19.6 Å². The number of likely N-dealkylation sites (tertiary alicyclic amines) is 1. The highest BCUT2D eigenvalue weighted by Crippen LogP contribution is 2.24. The van der Waals surface area contributed by atoms with Crippen LogP contribution in [-0.4, -0.2) is 66.9 Å². The van der Waals surface area contributed by atoms with Crippen molar-refractivity contribution in [1.29, 1.82) is 0 Å². The first-order valence-electron chi connectivity index (χ1n) is 6.97. The van der Waals surface area contributed by atoms with Gasteiger partial charge in [-0.2, -0.15) is 4.98 Å². The van der Waals surface area contributed by atoms with E-state index in [0.717, 1.165) is 13.0 Å². The second-order valence-corrected chi connectivity index (χ2v) is 5.65. The second kappa shape index (κ2) is 7.21. The fourth-order valence-electron chi connectivity index (χ4n) is 2.61. The van der Waals surface area contributed by atoms with Gasteiger partial charge >= 0.3 is 5.97 Å². The van der Waals surface area contributed by atoms with Crippen LogP contribution in [0.15, 0.2) is 6.07 Å². The van der Waals surface area contributed by atoms with E-state index in [-0.39, 0.29) is 35.1 Å². The molecule has 0 saturated carbocycles. The van der Waals surface area contributed by atoms with Gasteiger partial charge in [0.05, 0.1) is 13.2 Å². The van der Waals surface area contributed by atoms with E-state index in [4.69, 9.17) is 21.1 Å². The van der Waals surface area contributed by atoms with E-state index in [1.54, 1.807) is 7.11 Å². The van der Waals surface area contributed by atoms with Crippen LogP contribution >= 0.6 is 11.6 Å². The Kier molecular flexibility index (Phi) is 5.55. The summed E-state index contributed by atoms with van der Waals surface area (Å²) < 4.78 is 15.8. The van der Waals surface area contributed by atoms with Gasteiger partial charge in [-0.25, -0.2) is 9.78 Å². The molecule has 3 atom stereocenters. The molecule has 2 rings (SSSR count). The maximum atomic E-state index is 11.5. The number of rotatable bonds is 5. The number of likely N-dealkylation sites (N-methyl/N-ethyl adjacent to an activating group) is 1. The number of hydrogen-bond acceptors (Lipinski definition) is 7. The number of halogens is 1. The van der Waals surface area contributed by atoms with E-state index < -0.39 is 5.97 Å². The number of nitrogens with zero attached hydrogens (tertiary/aromatic N) is 3. The van der Waals surface area contributed by atoms with Crippen LogP contribution in [0.25, 0.3) is 0 Å². The van der Waals surface area contributed by atoms with Crippen LogP contribution < -0.4 is 4.74 Å². The lowest BCUT2D eigenvalue weighted by molar-refractivity contribution is 0.0582. The zero-order valence-electron chi connectivity index (χ0n) is 13.1. The molecule has 1 fully saturated rings. The van der Waals surface area contributed by atoms with Crippen LogP contribution in [-0.2, 0) is 9.47 Å². The SMILES string of the molecule is COC(=O)c1nc(Cl)cc(O[C@@H](C)[C@@H]2C[C@@H](OC)CN2C)n1. The number of carbonyl (C=O) groups excluding carboxylic acids is 1. The molecular formula is C14H20ClN3O4. The Morgan fingerprint density at radius 2 is 2.18 bits per heavy atom. The van der Waals surface area contributed by atoms with Gasteiger partial charge in [-0.1, -0.05) is 11.6 Å². The maximum Gasteiger partial charge on any atom is 0.376 e. The fraction of sp³-hybridized carbons (Fsp3) is 0.643. The smallest absolute Gasteiger partial charge is 0.376 e. The highest BCUT2D eigenvalue weighted by molar-refractivity contribution is 6.29. The predicted molar refractivity (Wildman–Crippen MR) is 80.3 cm³/mol. The molecule has 8 heteroatoms. The Balaban J connectivity index is 2.10. The predicted octanol–water partition coefficient (Wildman–Crippen LogP) is 1.40. The highest BCUT2D eigenvalue weighted by atomic mass is 35.5. The minimum atomic E-state index is -0.655. The van der Waals surface area contributed by atoms with Crippen LogP contribution in [0.1, 0.15) is 24.0 Å². The summed E-state index contributed by atoms with van der Waals surface area (Å²) in [5.41, 5.74) is 0. The van der Waals surface area contributed by atoms with Gasteiger partial charge in [-0.15, -0.1) is 0 Å². The van der Waals surface area contributed by atoms with Gasteiger partial charge in [0.1, 0.15) is 11.3 Å². The molecule has 1 aliphatic rings. The zero-order valence-corrected chi connectivity index (χ0v) is 13.8. The average Bonchev–Trinajstić information content (AvgIpc) is 2.87. The van der Waals surface area contributed by atoms with Crippen molar-refractivity contribution in [3.05, 3.63) is 17.0 Å². The van der Waals surface area contributed by atoms with Crippen molar-refractivity contribution in [2.45, 2.75) is 31.6 Å². The largest absolute Gasteiger partial charge is 0.473 e. The van der Waals surface area contributed by atoms with Gasteiger partial charge in [0.15, 0.2) is 0 Å². The number of carbonyl (C=O) groups is 1. The normalized spacial score (nSPS) is 23.3. The minimum absolute atomic E-state index is 0.119. The molecule has 0 bridgehead atoms. The van der Waals surface area contributed by atoms with Crippen molar-refractivity contribution >= 4 is 17.6 Å². The number of aromatic nitrogens is 2. The number of methoxy groups -OCH3 is 2. The van der Waals surface area contributed by atoms with Crippen LogP contribution in [0.4, 0.5) is 0 Å².